The lowest BCUT2D eigenvalue weighted by molar-refractivity contribution is 0.0365. The highest BCUT2D eigenvalue weighted by Crippen LogP contribution is 2.15. The molecule has 0 aromatic carbocycles. The third-order valence-electron chi connectivity index (χ3n) is 1.60. The van der Waals surface area contributed by atoms with E-state index < -0.39 is 18.4 Å². The predicted molar refractivity (Wildman–Crippen MR) is 50.3 cm³/mol. The maximum absolute atomic E-state index is 12.5. The maximum Gasteiger partial charge on any atom is 0.339 e. The molecule has 82 valence electrons. The van der Waals surface area contributed by atoms with Crippen molar-refractivity contribution in [3.05, 3.63) is 23.9 Å². The molecule has 0 aliphatic heterocycles. The van der Waals surface area contributed by atoms with Crippen LogP contribution in [-0.4, -0.2) is 28.5 Å². The molecule has 1 heterocycles. The van der Waals surface area contributed by atoms with Crippen LogP contribution in [0.5, 0.6) is 0 Å². The summed E-state index contributed by atoms with van der Waals surface area (Å²) in [6.07, 6.45) is 1.34. The van der Waals surface area contributed by atoms with Crippen LogP contribution in [0.4, 0.5) is 14.6 Å². The first kappa shape index (κ1) is 11.4. The summed E-state index contributed by atoms with van der Waals surface area (Å²) in [7, 11) is 0. The number of anilines is 1. The number of carbonyl (C=O) groups is 1. The second kappa shape index (κ2) is 4.20. The largest absolute Gasteiger partial charge is 0.478 e. The van der Waals surface area contributed by atoms with Gasteiger partial charge in [-0.15, -0.1) is 0 Å². The van der Waals surface area contributed by atoms with Crippen molar-refractivity contribution in [2.45, 2.75) is 12.8 Å². The molecule has 6 heteroatoms. The number of hydrogen-bond donors (Lipinski definition) is 2. The van der Waals surface area contributed by atoms with Crippen molar-refractivity contribution >= 4 is 11.8 Å². The van der Waals surface area contributed by atoms with Gasteiger partial charge in [-0.25, -0.2) is 18.6 Å². The Labute approximate surface area is 84.9 Å². The number of alkyl halides is 2. The number of halogens is 2. The number of carboxylic acids is 1. The standard InChI is InChI=1S/C9H10F2N2O2/c1-9(10,11)5-13-7-6(8(14)15)3-2-4-12-7/h2-4H,5H2,1H3,(H,12,13)(H,14,15). The first-order chi connectivity index (χ1) is 6.90. The molecule has 2 N–H and O–H groups in total. The summed E-state index contributed by atoms with van der Waals surface area (Å²) >= 11 is 0. The monoisotopic (exact) mass is 216 g/mol. The van der Waals surface area contributed by atoms with Crippen LogP contribution in [0.3, 0.4) is 0 Å². The predicted octanol–water partition coefficient (Wildman–Crippen LogP) is 1.85. The van der Waals surface area contributed by atoms with E-state index in [-0.39, 0.29) is 11.4 Å². The van der Waals surface area contributed by atoms with Crippen LogP contribution in [0.2, 0.25) is 0 Å². The van der Waals surface area contributed by atoms with Crippen LogP contribution in [0, 0.1) is 0 Å². The van der Waals surface area contributed by atoms with E-state index in [0.29, 0.717) is 0 Å². The van der Waals surface area contributed by atoms with Crippen molar-refractivity contribution in [2.24, 2.45) is 0 Å². The first-order valence-corrected chi connectivity index (χ1v) is 4.20. The smallest absolute Gasteiger partial charge is 0.339 e. The highest BCUT2D eigenvalue weighted by Gasteiger charge is 2.21. The molecular formula is C9H10F2N2O2. The lowest BCUT2D eigenvalue weighted by Crippen LogP contribution is -2.24. The molecule has 1 rings (SSSR count). The summed E-state index contributed by atoms with van der Waals surface area (Å²) in [5, 5.41) is 11.0. The second-order valence-corrected chi connectivity index (χ2v) is 3.13. The lowest BCUT2D eigenvalue weighted by Gasteiger charge is -2.12. The third-order valence-corrected chi connectivity index (χ3v) is 1.60. The molecule has 15 heavy (non-hydrogen) atoms. The molecule has 0 bridgehead atoms. The fraction of sp³-hybridized carbons (Fsp3) is 0.333. The number of pyridine rings is 1. The van der Waals surface area contributed by atoms with Gasteiger partial charge >= 0.3 is 5.97 Å². The fourth-order valence-corrected chi connectivity index (χ4v) is 0.958. The van der Waals surface area contributed by atoms with Gasteiger partial charge in [0.05, 0.1) is 6.54 Å². The van der Waals surface area contributed by atoms with E-state index in [1.807, 2.05) is 0 Å². The minimum atomic E-state index is -2.91. The lowest BCUT2D eigenvalue weighted by atomic mass is 10.2. The number of aromatic carboxylic acids is 1. The molecular weight excluding hydrogens is 206 g/mol. The third kappa shape index (κ3) is 3.49. The maximum atomic E-state index is 12.5. The van der Waals surface area contributed by atoms with Crippen LogP contribution in [-0.2, 0) is 0 Å². The summed E-state index contributed by atoms with van der Waals surface area (Å²) in [6, 6.07) is 2.73. The molecule has 0 saturated heterocycles. The van der Waals surface area contributed by atoms with Crippen LogP contribution in [0.25, 0.3) is 0 Å². The van der Waals surface area contributed by atoms with Gasteiger partial charge in [0.2, 0.25) is 0 Å². The zero-order valence-corrected chi connectivity index (χ0v) is 8.00. The average Bonchev–Trinajstić information content (AvgIpc) is 2.14. The summed E-state index contributed by atoms with van der Waals surface area (Å²) in [5.74, 6) is -4.16. The topological polar surface area (TPSA) is 62.2 Å². The summed E-state index contributed by atoms with van der Waals surface area (Å²) in [4.78, 5) is 14.4. The minimum absolute atomic E-state index is 0.0495. The van der Waals surface area contributed by atoms with E-state index >= 15 is 0 Å². The van der Waals surface area contributed by atoms with Gasteiger partial charge in [0.1, 0.15) is 11.4 Å². The molecule has 0 amide bonds. The molecule has 0 unspecified atom stereocenters. The molecule has 0 spiro atoms. The zero-order valence-electron chi connectivity index (χ0n) is 8.00. The van der Waals surface area contributed by atoms with Gasteiger partial charge in [-0.2, -0.15) is 0 Å². The molecule has 0 aliphatic carbocycles. The van der Waals surface area contributed by atoms with E-state index in [2.05, 4.69) is 10.3 Å². The summed E-state index contributed by atoms with van der Waals surface area (Å²) in [6.45, 7) is 0.0909. The summed E-state index contributed by atoms with van der Waals surface area (Å²) < 4.78 is 25.0. The Hall–Kier alpha value is -1.72. The van der Waals surface area contributed by atoms with Crippen molar-refractivity contribution in [3.8, 4) is 0 Å². The van der Waals surface area contributed by atoms with E-state index in [0.717, 1.165) is 6.92 Å². The molecule has 0 fully saturated rings. The molecule has 0 aliphatic rings. The number of nitrogens with one attached hydrogen (secondary N) is 1. The Bertz CT molecular complexity index is 363. The van der Waals surface area contributed by atoms with E-state index in [4.69, 9.17) is 5.11 Å². The van der Waals surface area contributed by atoms with Gasteiger partial charge in [0, 0.05) is 13.1 Å². The van der Waals surface area contributed by atoms with E-state index in [1.54, 1.807) is 0 Å². The highest BCUT2D eigenvalue weighted by atomic mass is 19.3. The quantitative estimate of drug-likeness (QED) is 0.806. The van der Waals surface area contributed by atoms with Gasteiger partial charge in [-0.1, -0.05) is 0 Å². The minimum Gasteiger partial charge on any atom is -0.478 e. The Balaban J connectivity index is 2.81. The van der Waals surface area contributed by atoms with Crippen molar-refractivity contribution in [2.75, 3.05) is 11.9 Å². The van der Waals surface area contributed by atoms with Crippen LogP contribution >= 0.6 is 0 Å². The van der Waals surface area contributed by atoms with Gasteiger partial charge in [-0.05, 0) is 12.1 Å². The Morgan fingerprint density at radius 2 is 2.33 bits per heavy atom. The van der Waals surface area contributed by atoms with Gasteiger partial charge in [0.15, 0.2) is 0 Å². The van der Waals surface area contributed by atoms with Crippen molar-refractivity contribution < 1.29 is 18.7 Å². The molecule has 0 saturated carbocycles. The highest BCUT2D eigenvalue weighted by molar-refractivity contribution is 5.92. The molecule has 1 aromatic heterocycles. The van der Waals surface area contributed by atoms with E-state index in [9.17, 15) is 13.6 Å². The van der Waals surface area contributed by atoms with Crippen molar-refractivity contribution in [3.63, 3.8) is 0 Å². The van der Waals surface area contributed by atoms with Crippen molar-refractivity contribution in [1.82, 2.24) is 4.98 Å². The SMILES string of the molecule is CC(F)(F)CNc1ncccc1C(=O)O. The molecule has 0 radical (unpaired) electrons. The van der Waals surface area contributed by atoms with Gasteiger partial charge < -0.3 is 10.4 Å². The normalized spacial score (nSPS) is 11.1. The Kier molecular flexibility index (Phi) is 3.18. The second-order valence-electron chi connectivity index (χ2n) is 3.13. The molecule has 1 aromatic rings. The number of carboxylic acid groups (broad SMARTS) is 1. The van der Waals surface area contributed by atoms with Crippen LogP contribution in [0.15, 0.2) is 18.3 Å². The van der Waals surface area contributed by atoms with Crippen LogP contribution in [0.1, 0.15) is 17.3 Å². The first-order valence-electron chi connectivity index (χ1n) is 4.20. The summed E-state index contributed by atoms with van der Waals surface area (Å²) in [5.41, 5.74) is -0.123. The number of rotatable bonds is 4. The Morgan fingerprint density at radius 3 is 2.87 bits per heavy atom. The zero-order chi connectivity index (χ0) is 11.5. The number of nitrogens with zero attached hydrogens (tertiary/aromatic N) is 1. The van der Waals surface area contributed by atoms with Crippen molar-refractivity contribution in [1.29, 1.82) is 0 Å². The van der Waals surface area contributed by atoms with Gasteiger partial charge in [0.25, 0.3) is 5.92 Å². The van der Waals surface area contributed by atoms with E-state index in [1.165, 1.54) is 18.3 Å². The number of aromatic nitrogens is 1. The fourth-order valence-electron chi connectivity index (χ4n) is 0.958. The average molecular weight is 216 g/mol. The van der Waals surface area contributed by atoms with Crippen LogP contribution < -0.4 is 5.32 Å². The molecule has 0 atom stereocenters. The number of hydrogen-bond acceptors (Lipinski definition) is 3. The Morgan fingerprint density at radius 1 is 1.67 bits per heavy atom. The van der Waals surface area contributed by atoms with Gasteiger partial charge in [-0.3, -0.25) is 0 Å². The molecule has 4 nitrogen and oxygen atoms in total.